The number of hydrogen-bond acceptors (Lipinski definition) is 4. The van der Waals surface area contributed by atoms with Crippen LogP contribution in [0.15, 0.2) is 12.1 Å². The zero-order chi connectivity index (χ0) is 10.1. The van der Waals surface area contributed by atoms with Gasteiger partial charge in [-0.2, -0.15) is 0 Å². The number of anilines is 2. The lowest BCUT2D eigenvalue weighted by atomic mass is 10.1. The Labute approximate surface area is 82.8 Å². The van der Waals surface area contributed by atoms with Gasteiger partial charge in [0.25, 0.3) is 0 Å². The first-order chi connectivity index (χ1) is 6.77. The fourth-order valence-corrected chi connectivity index (χ4v) is 1.66. The van der Waals surface area contributed by atoms with E-state index in [1.807, 2.05) is 24.1 Å². The monoisotopic (exact) mass is 191 g/mol. The van der Waals surface area contributed by atoms with Crippen molar-refractivity contribution in [2.45, 2.75) is 13.8 Å². The number of aldehydes is 1. The van der Waals surface area contributed by atoms with Crippen LogP contribution >= 0.6 is 0 Å². The fraction of sp³-hybridized carbons (Fsp3) is 0.300. The van der Waals surface area contributed by atoms with Gasteiger partial charge in [0.15, 0.2) is 0 Å². The lowest BCUT2D eigenvalue weighted by molar-refractivity contribution is 0.112. The minimum atomic E-state index is 0.732. The van der Waals surface area contributed by atoms with Gasteiger partial charge in [-0.25, -0.2) is 0 Å². The smallest absolute Gasteiger partial charge is 0.150 e. The standard InChI is InChI=1S/C10H13N3O/c1-3-13-9-5-4-8(6-14)7(2)10(9)11-12-13/h4-6,11-12H,3H2,1-2H3. The average molecular weight is 191 g/mol. The molecule has 1 aliphatic heterocycles. The second-order valence-corrected chi connectivity index (χ2v) is 3.27. The van der Waals surface area contributed by atoms with E-state index in [1.54, 1.807) is 0 Å². The summed E-state index contributed by atoms with van der Waals surface area (Å²) in [6.07, 6.45) is 0.881. The van der Waals surface area contributed by atoms with Gasteiger partial charge < -0.3 is 5.43 Å². The third kappa shape index (κ3) is 1.15. The maximum atomic E-state index is 10.7. The zero-order valence-corrected chi connectivity index (χ0v) is 8.29. The van der Waals surface area contributed by atoms with Crippen LogP contribution in [-0.2, 0) is 0 Å². The van der Waals surface area contributed by atoms with Crippen LogP contribution < -0.4 is 16.0 Å². The van der Waals surface area contributed by atoms with E-state index in [0.29, 0.717) is 0 Å². The summed E-state index contributed by atoms with van der Waals surface area (Å²) < 4.78 is 0. The normalized spacial score (nSPS) is 13.7. The highest BCUT2D eigenvalue weighted by Gasteiger charge is 2.19. The molecule has 14 heavy (non-hydrogen) atoms. The molecule has 2 rings (SSSR count). The van der Waals surface area contributed by atoms with Crippen LogP contribution in [0.3, 0.4) is 0 Å². The first-order valence-electron chi connectivity index (χ1n) is 4.66. The Morgan fingerprint density at radius 2 is 2.29 bits per heavy atom. The highest BCUT2D eigenvalue weighted by atomic mass is 16.1. The summed E-state index contributed by atoms with van der Waals surface area (Å²) >= 11 is 0. The molecule has 0 atom stereocenters. The molecule has 74 valence electrons. The molecular weight excluding hydrogens is 178 g/mol. The average Bonchev–Trinajstić information content (AvgIpc) is 2.62. The van der Waals surface area contributed by atoms with Crippen molar-refractivity contribution in [2.75, 3.05) is 17.0 Å². The number of rotatable bonds is 2. The molecule has 4 heteroatoms. The number of benzene rings is 1. The maximum absolute atomic E-state index is 10.7. The molecule has 0 saturated heterocycles. The number of carbonyl (C=O) groups excluding carboxylic acids is 1. The Hall–Kier alpha value is -1.55. The van der Waals surface area contributed by atoms with Crippen molar-refractivity contribution in [2.24, 2.45) is 0 Å². The number of hydrazine groups is 2. The van der Waals surface area contributed by atoms with E-state index in [2.05, 4.69) is 17.9 Å². The van der Waals surface area contributed by atoms with Crippen LogP contribution in [0, 0.1) is 6.92 Å². The molecule has 1 aromatic carbocycles. The molecule has 1 aromatic rings. The van der Waals surface area contributed by atoms with Crippen LogP contribution in [0.5, 0.6) is 0 Å². The van der Waals surface area contributed by atoms with Gasteiger partial charge >= 0.3 is 0 Å². The molecule has 1 aliphatic rings. The summed E-state index contributed by atoms with van der Waals surface area (Å²) in [4.78, 5) is 10.7. The van der Waals surface area contributed by atoms with E-state index < -0.39 is 0 Å². The molecule has 0 spiro atoms. The molecular formula is C10H13N3O. The first-order valence-corrected chi connectivity index (χ1v) is 4.66. The van der Waals surface area contributed by atoms with Crippen molar-refractivity contribution in [3.05, 3.63) is 23.3 Å². The fourth-order valence-electron chi connectivity index (χ4n) is 1.66. The Morgan fingerprint density at radius 1 is 1.50 bits per heavy atom. The predicted octanol–water partition coefficient (Wildman–Crippen LogP) is 1.48. The molecule has 4 nitrogen and oxygen atoms in total. The predicted molar refractivity (Wildman–Crippen MR) is 56.3 cm³/mol. The van der Waals surface area contributed by atoms with E-state index in [-0.39, 0.29) is 0 Å². The molecule has 0 unspecified atom stereocenters. The molecule has 0 radical (unpaired) electrons. The summed E-state index contributed by atoms with van der Waals surface area (Å²) in [5.41, 5.74) is 9.90. The number of nitrogens with zero attached hydrogens (tertiary/aromatic N) is 1. The topological polar surface area (TPSA) is 44.4 Å². The van der Waals surface area contributed by atoms with Crippen LogP contribution in [0.4, 0.5) is 11.4 Å². The highest BCUT2D eigenvalue weighted by Crippen LogP contribution is 2.33. The van der Waals surface area contributed by atoms with Gasteiger partial charge in [-0.05, 0) is 31.5 Å². The van der Waals surface area contributed by atoms with Crippen LogP contribution in [0.25, 0.3) is 0 Å². The minimum absolute atomic E-state index is 0.732. The quantitative estimate of drug-likeness (QED) is 0.695. The van der Waals surface area contributed by atoms with E-state index in [9.17, 15) is 4.79 Å². The third-order valence-corrected chi connectivity index (χ3v) is 2.53. The lowest BCUT2D eigenvalue weighted by Crippen LogP contribution is -2.35. The third-order valence-electron chi connectivity index (χ3n) is 2.53. The van der Waals surface area contributed by atoms with Gasteiger partial charge in [0, 0.05) is 12.1 Å². The Morgan fingerprint density at radius 3 is 2.93 bits per heavy atom. The number of hydrogen-bond donors (Lipinski definition) is 2. The summed E-state index contributed by atoms with van der Waals surface area (Å²) in [6, 6.07) is 3.79. The highest BCUT2D eigenvalue weighted by molar-refractivity contribution is 5.87. The second-order valence-electron chi connectivity index (χ2n) is 3.27. The lowest BCUT2D eigenvalue weighted by Gasteiger charge is -2.14. The Bertz CT molecular complexity index is 376. The molecule has 2 N–H and O–H groups in total. The van der Waals surface area contributed by atoms with Crippen LogP contribution in [0.1, 0.15) is 22.8 Å². The Kier molecular flexibility index (Phi) is 2.13. The van der Waals surface area contributed by atoms with Crippen LogP contribution in [-0.4, -0.2) is 12.8 Å². The van der Waals surface area contributed by atoms with Gasteiger partial charge in [-0.1, -0.05) is 0 Å². The summed E-state index contributed by atoms with van der Waals surface area (Å²) in [7, 11) is 0. The van der Waals surface area contributed by atoms with E-state index in [1.165, 1.54) is 0 Å². The summed E-state index contributed by atoms with van der Waals surface area (Å²) in [5, 5.41) is 2.00. The first kappa shape index (κ1) is 9.02. The van der Waals surface area contributed by atoms with Gasteiger partial charge in [0.2, 0.25) is 0 Å². The second kappa shape index (κ2) is 3.31. The molecule has 0 fully saturated rings. The van der Waals surface area contributed by atoms with Crippen molar-refractivity contribution < 1.29 is 4.79 Å². The maximum Gasteiger partial charge on any atom is 0.150 e. The van der Waals surface area contributed by atoms with E-state index in [0.717, 1.165) is 35.3 Å². The number of fused-ring (bicyclic) bond motifs is 1. The summed E-state index contributed by atoms with van der Waals surface area (Å²) in [6.45, 7) is 4.88. The van der Waals surface area contributed by atoms with Gasteiger partial charge in [-0.15, -0.1) is 5.53 Å². The van der Waals surface area contributed by atoms with E-state index in [4.69, 9.17) is 0 Å². The zero-order valence-electron chi connectivity index (χ0n) is 8.29. The van der Waals surface area contributed by atoms with E-state index >= 15 is 0 Å². The van der Waals surface area contributed by atoms with Crippen molar-refractivity contribution in [3.63, 3.8) is 0 Å². The van der Waals surface area contributed by atoms with Gasteiger partial charge in [-0.3, -0.25) is 9.80 Å². The van der Waals surface area contributed by atoms with Crippen molar-refractivity contribution in [1.82, 2.24) is 5.53 Å². The van der Waals surface area contributed by atoms with Crippen LogP contribution in [0.2, 0.25) is 0 Å². The molecule has 0 amide bonds. The number of nitrogens with one attached hydrogen (secondary N) is 2. The molecule has 1 heterocycles. The van der Waals surface area contributed by atoms with Crippen molar-refractivity contribution >= 4 is 17.7 Å². The van der Waals surface area contributed by atoms with Gasteiger partial charge in [0.1, 0.15) is 6.29 Å². The summed E-state index contributed by atoms with van der Waals surface area (Å²) in [5.74, 6) is 0. The van der Waals surface area contributed by atoms with Crippen molar-refractivity contribution in [3.8, 4) is 0 Å². The largest absolute Gasteiger partial charge is 0.301 e. The molecule has 0 saturated carbocycles. The van der Waals surface area contributed by atoms with Crippen molar-refractivity contribution in [1.29, 1.82) is 0 Å². The molecule has 0 aliphatic carbocycles. The van der Waals surface area contributed by atoms with Gasteiger partial charge in [0.05, 0.1) is 11.4 Å². The Balaban J connectivity index is 2.51. The molecule has 0 bridgehead atoms. The molecule has 0 aromatic heterocycles. The SMILES string of the molecule is CCN1NNc2c1ccc(C=O)c2C. The minimum Gasteiger partial charge on any atom is -0.301 e. The number of carbonyl (C=O) groups is 1.